The van der Waals surface area contributed by atoms with Gasteiger partial charge in [0.25, 0.3) is 17.4 Å². The SMILES string of the molecule is CC[C@]12C[C@H]1CC[C@@]21N(C)C(=O)c2c3c(c(O)c(=O)n21)C(=O)N(Cc1ccc(F)c(Cl)c1)CC3. The van der Waals surface area contributed by atoms with Crippen molar-refractivity contribution in [3.8, 4) is 5.75 Å². The molecule has 1 aromatic heterocycles. The summed E-state index contributed by atoms with van der Waals surface area (Å²) in [6.07, 6.45) is 3.73. The zero-order chi connectivity index (χ0) is 24.2. The minimum absolute atomic E-state index is 0.0417. The van der Waals surface area contributed by atoms with Gasteiger partial charge < -0.3 is 14.9 Å². The quantitative estimate of drug-likeness (QED) is 0.721. The Hall–Kier alpha value is -2.87. The van der Waals surface area contributed by atoms with Crippen LogP contribution in [0, 0.1) is 17.2 Å². The lowest BCUT2D eigenvalue weighted by atomic mass is 9.86. The maximum Gasteiger partial charge on any atom is 0.296 e. The second-order valence-corrected chi connectivity index (χ2v) is 10.5. The first kappa shape index (κ1) is 21.6. The molecule has 3 heterocycles. The zero-order valence-electron chi connectivity index (χ0n) is 19.0. The molecule has 1 aromatic carbocycles. The molecule has 1 N–H and O–H groups in total. The van der Waals surface area contributed by atoms with Gasteiger partial charge in [-0.1, -0.05) is 24.6 Å². The van der Waals surface area contributed by atoms with Crippen LogP contribution < -0.4 is 5.56 Å². The van der Waals surface area contributed by atoms with Gasteiger partial charge in [0.2, 0.25) is 0 Å². The molecule has 3 atom stereocenters. The average Bonchev–Trinajstić information content (AvgIpc) is 3.40. The van der Waals surface area contributed by atoms with Gasteiger partial charge in [-0.3, -0.25) is 19.0 Å². The van der Waals surface area contributed by atoms with Gasteiger partial charge in [-0.15, -0.1) is 0 Å². The molecule has 2 aliphatic carbocycles. The number of pyridine rings is 1. The molecule has 178 valence electrons. The van der Waals surface area contributed by atoms with Crippen molar-refractivity contribution < 1.29 is 19.1 Å². The molecule has 2 amide bonds. The number of hydrogen-bond donors (Lipinski definition) is 1. The third-order valence-electron chi connectivity index (χ3n) is 8.88. The highest BCUT2D eigenvalue weighted by molar-refractivity contribution is 6.30. The van der Waals surface area contributed by atoms with Crippen molar-refractivity contribution in [1.29, 1.82) is 0 Å². The number of nitrogens with zero attached hydrogens (tertiary/aromatic N) is 3. The van der Waals surface area contributed by atoms with E-state index in [0.29, 0.717) is 36.4 Å². The summed E-state index contributed by atoms with van der Waals surface area (Å²) in [4.78, 5) is 43.8. The number of hydrogen-bond acceptors (Lipinski definition) is 4. The van der Waals surface area contributed by atoms with Crippen molar-refractivity contribution in [2.45, 2.75) is 51.2 Å². The van der Waals surface area contributed by atoms with Crippen molar-refractivity contribution in [2.75, 3.05) is 13.6 Å². The lowest BCUT2D eigenvalue weighted by molar-refractivity contribution is 0.00483. The Morgan fingerprint density at radius 2 is 2.00 bits per heavy atom. The molecular weight excluding hydrogens is 461 g/mol. The number of carbonyl (C=O) groups is 2. The first-order valence-electron chi connectivity index (χ1n) is 11.7. The number of fused-ring (bicyclic) bond motifs is 6. The Morgan fingerprint density at radius 1 is 1.24 bits per heavy atom. The summed E-state index contributed by atoms with van der Waals surface area (Å²) >= 11 is 5.88. The summed E-state index contributed by atoms with van der Waals surface area (Å²) in [7, 11) is 1.74. The number of halogens is 2. The van der Waals surface area contributed by atoms with Gasteiger partial charge >= 0.3 is 0 Å². The largest absolute Gasteiger partial charge is 0.502 e. The second-order valence-electron chi connectivity index (χ2n) is 10.0. The molecule has 4 aliphatic rings. The third-order valence-corrected chi connectivity index (χ3v) is 9.17. The van der Waals surface area contributed by atoms with Crippen LogP contribution >= 0.6 is 11.6 Å². The van der Waals surface area contributed by atoms with E-state index < -0.39 is 28.7 Å². The lowest BCUT2D eigenvalue weighted by Gasteiger charge is -2.42. The average molecular weight is 486 g/mol. The van der Waals surface area contributed by atoms with E-state index in [0.717, 1.165) is 19.3 Å². The molecule has 34 heavy (non-hydrogen) atoms. The molecule has 7 nitrogen and oxygen atoms in total. The fourth-order valence-electron chi connectivity index (χ4n) is 7.18. The summed E-state index contributed by atoms with van der Waals surface area (Å²) < 4.78 is 15.1. The number of carbonyl (C=O) groups excluding carboxylic acids is 2. The monoisotopic (exact) mass is 485 g/mol. The third kappa shape index (κ3) is 2.39. The predicted molar refractivity (Wildman–Crippen MR) is 122 cm³/mol. The molecule has 2 aliphatic heterocycles. The van der Waals surface area contributed by atoms with Gasteiger partial charge in [-0.25, -0.2) is 4.39 Å². The minimum atomic E-state index is -0.784. The zero-order valence-corrected chi connectivity index (χ0v) is 19.8. The van der Waals surface area contributed by atoms with Gasteiger partial charge in [0.15, 0.2) is 5.75 Å². The fourth-order valence-corrected chi connectivity index (χ4v) is 7.38. The first-order chi connectivity index (χ1) is 16.2. The molecule has 2 saturated carbocycles. The highest BCUT2D eigenvalue weighted by Gasteiger charge is 2.75. The molecule has 0 bridgehead atoms. The Morgan fingerprint density at radius 3 is 2.68 bits per heavy atom. The molecule has 6 rings (SSSR count). The molecule has 2 fully saturated rings. The molecule has 2 aromatic rings. The van der Waals surface area contributed by atoms with Crippen LogP contribution in [0.25, 0.3) is 0 Å². The Labute approximate surface area is 200 Å². The standard InChI is InChI=1S/C25H25ClFN3O4/c1-3-24-11-14(24)6-8-25(24)28(2)22(33)19-15-7-9-29(12-13-4-5-17(27)16(26)10-13)21(32)18(15)20(31)23(34)30(19)25/h4-5,10,14,31H,3,6-9,11-12H2,1-2H3/t14-,24+,25+/m1/s1. The van der Waals surface area contributed by atoms with Gasteiger partial charge in [0, 0.05) is 31.1 Å². The Kier molecular flexibility index (Phi) is 4.36. The van der Waals surface area contributed by atoms with Crippen LogP contribution in [0.3, 0.4) is 0 Å². The minimum Gasteiger partial charge on any atom is -0.502 e. The van der Waals surface area contributed by atoms with Gasteiger partial charge in [-0.2, -0.15) is 0 Å². The second kappa shape index (κ2) is 6.84. The van der Waals surface area contributed by atoms with Crippen LogP contribution in [0.2, 0.25) is 5.02 Å². The molecule has 0 saturated heterocycles. The number of amides is 2. The summed E-state index contributed by atoms with van der Waals surface area (Å²) in [6.45, 7) is 2.54. The lowest BCUT2D eigenvalue weighted by Crippen LogP contribution is -2.53. The van der Waals surface area contributed by atoms with Crippen molar-refractivity contribution in [2.24, 2.45) is 11.3 Å². The van der Waals surface area contributed by atoms with E-state index >= 15 is 0 Å². The number of aromatic nitrogens is 1. The summed E-state index contributed by atoms with van der Waals surface area (Å²) in [6, 6.07) is 4.23. The molecule has 9 heteroatoms. The maximum absolute atomic E-state index is 13.6. The smallest absolute Gasteiger partial charge is 0.296 e. The van der Waals surface area contributed by atoms with E-state index in [-0.39, 0.29) is 34.1 Å². The van der Waals surface area contributed by atoms with Crippen LogP contribution in [0.5, 0.6) is 5.75 Å². The van der Waals surface area contributed by atoms with Crippen LogP contribution in [0.1, 0.15) is 64.6 Å². The fraction of sp³-hybridized carbons (Fsp3) is 0.480. The summed E-state index contributed by atoms with van der Waals surface area (Å²) in [5.74, 6) is -1.46. The number of aromatic hydroxyl groups is 1. The van der Waals surface area contributed by atoms with Crippen LogP contribution in [-0.2, 0) is 18.6 Å². The molecule has 0 radical (unpaired) electrons. The van der Waals surface area contributed by atoms with Crippen molar-refractivity contribution in [1.82, 2.24) is 14.4 Å². The van der Waals surface area contributed by atoms with Gasteiger partial charge in [0.05, 0.1) is 10.6 Å². The van der Waals surface area contributed by atoms with Gasteiger partial charge in [0.1, 0.15) is 17.2 Å². The van der Waals surface area contributed by atoms with Crippen molar-refractivity contribution in [3.05, 3.63) is 61.8 Å². The highest BCUT2D eigenvalue weighted by Crippen LogP contribution is 2.74. The van der Waals surface area contributed by atoms with E-state index in [4.69, 9.17) is 11.6 Å². The van der Waals surface area contributed by atoms with Crippen molar-refractivity contribution in [3.63, 3.8) is 0 Å². The van der Waals surface area contributed by atoms with E-state index in [2.05, 4.69) is 6.92 Å². The molecule has 1 spiro atoms. The highest BCUT2D eigenvalue weighted by atomic mass is 35.5. The van der Waals surface area contributed by atoms with E-state index in [9.17, 15) is 23.9 Å². The Balaban J connectivity index is 1.47. The summed E-state index contributed by atoms with van der Waals surface area (Å²) in [5.41, 5.74) is -0.394. The van der Waals surface area contributed by atoms with E-state index in [1.165, 1.54) is 21.6 Å². The van der Waals surface area contributed by atoms with Crippen LogP contribution in [-0.4, -0.2) is 44.9 Å². The van der Waals surface area contributed by atoms with E-state index in [1.807, 2.05) is 0 Å². The van der Waals surface area contributed by atoms with Gasteiger partial charge in [-0.05, 0) is 55.7 Å². The maximum atomic E-state index is 13.6. The topological polar surface area (TPSA) is 82.9 Å². The number of rotatable bonds is 3. The van der Waals surface area contributed by atoms with Crippen molar-refractivity contribution >= 4 is 23.4 Å². The normalized spacial score (nSPS) is 29.0. The molecular formula is C25H25ClFN3O4. The Bertz CT molecular complexity index is 1350. The van der Waals surface area contributed by atoms with Crippen LogP contribution in [0.4, 0.5) is 4.39 Å². The first-order valence-corrected chi connectivity index (χ1v) is 12.1. The van der Waals surface area contributed by atoms with E-state index in [1.54, 1.807) is 18.0 Å². The predicted octanol–water partition coefficient (Wildman–Crippen LogP) is 3.49. The van der Waals surface area contributed by atoms with Crippen LogP contribution in [0.15, 0.2) is 23.0 Å². The number of benzene rings is 1. The summed E-state index contributed by atoms with van der Waals surface area (Å²) in [5, 5.41) is 11.0. The molecule has 0 unspecified atom stereocenters.